The average molecular weight is 265 g/mol. The molecule has 106 valence electrons. The number of aromatic nitrogens is 1. The lowest BCUT2D eigenvalue weighted by atomic mass is 10.2. The molecule has 5 nitrogen and oxygen atoms in total. The van der Waals surface area contributed by atoms with Gasteiger partial charge in [-0.3, -0.25) is 0 Å². The minimum atomic E-state index is -0.930. The van der Waals surface area contributed by atoms with E-state index in [4.69, 9.17) is 5.11 Å². The number of hydrogen-bond donors (Lipinski definition) is 1. The van der Waals surface area contributed by atoms with E-state index in [0.29, 0.717) is 11.7 Å². The molecule has 0 aliphatic carbocycles. The maximum Gasteiger partial charge on any atom is 0.337 e. The molecule has 1 N–H and O–H groups in total. The zero-order valence-electron chi connectivity index (χ0n) is 12.3. The third-order valence-corrected chi connectivity index (χ3v) is 3.10. The van der Waals surface area contributed by atoms with Gasteiger partial charge in [-0.2, -0.15) is 0 Å². The monoisotopic (exact) mass is 265 g/mol. The van der Waals surface area contributed by atoms with Crippen molar-refractivity contribution in [2.75, 3.05) is 32.1 Å². The number of likely N-dealkylation sites (N-methyl/N-ethyl adjacent to an activating group) is 2. The van der Waals surface area contributed by atoms with Gasteiger partial charge in [-0.05, 0) is 47.0 Å². The van der Waals surface area contributed by atoms with Crippen LogP contribution in [0.3, 0.4) is 0 Å². The first-order valence-electron chi connectivity index (χ1n) is 6.49. The van der Waals surface area contributed by atoms with E-state index < -0.39 is 5.97 Å². The predicted octanol–water partition coefficient (Wildman–Crippen LogP) is 1.86. The molecular weight excluding hydrogens is 242 g/mol. The highest BCUT2D eigenvalue weighted by atomic mass is 16.4. The summed E-state index contributed by atoms with van der Waals surface area (Å²) >= 11 is 0. The Bertz CT molecular complexity index is 446. The number of carboxylic acids is 1. The quantitative estimate of drug-likeness (QED) is 0.851. The Hall–Kier alpha value is -1.62. The van der Waals surface area contributed by atoms with Gasteiger partial charge < -0.3 is 14.9 Å². The van der Waals surface area contributed by atoms with Crippen LogP contribution in [-0.4, -0.2) is 54.2 Å². The zero-order chi connectivity index (χ0) is 14.6. The molecule has 0 radical (unpaired) electrons. The SMILES string of the molecule is CCN(c1ccc(C(=O)O)c(C)n1)C(C)CN(C)C. The van der Waals surface area contributed by atoms with Gasteiger partial charge in [0.1, 0.15) is 5.82 Å². The van der Waals surface area contributed by atoms with E-state index in [2.05, 4.69) is 28.6 Å². The summed E-state index contributed by atoms with van der Waals surface area (Å²) in [7, 11) is 4.08. The first kappa shape index (κ1) is 15.4. The molecule has 5 heteroatoms. The molecule has 0 bridgehead atoms. The summed E-state index contributed by atoms with van der Waals surface area (Å²) in [5.41, 5.74) is 0.820. The van der Waals surface area contributed by atoms with Crippen molar-refractivity contribution in [3.05, 3.63) is 23.4 Å². The Morgan fingerprint density at radius 2 is 2.05 bits per heavy atom. The first-order valence-corrected chi connectivity index (χ1v) is 6.49. The van der Waals surface area contributed by atoms with Crippen molar-refractivity contribution in [2.24, 2.45) is 0 Å². The lowest BCUT2D eigenvalue weighted by molar-refractivity contribution is 0.0695. The van der Waals surface area contributed by atoms with Gasteiger partial charge in [0.25, 0.3) is 0 Å². The molecule has 1 atom stereocenters. The van der Waals surface area contributed by atoms with E-state index in [1.165, 1.54) is 0 Å². The van der Waals surface area contributed by atoms with Crippen LogP contribution in [0, 0.1) is 6.92 Å². The molecule has 1 rings (SSSR count). The van der Waals surface area contributed by atoms with Crippen LogP contribution in [0.4, 0.5) is 5.82 Å². The summed E-state index contributed by atoms with van der Waals surface area (Å²) < 4.78 is 0. The van der Waals surface area contributed by atoms with Crippen LogP contribution < -0.4 is 4.90 Å². The minimum Gasteiger partial charge on any atom is -0.478 e. The Morgan fingerprint density at radius 3 is 2.47 bits per heavy atom. The largest absolute Gasteiger partial charge is 0.478 e. The summed E-state index contributed by atoms with van der Waals surface area (Å²) in [4.78, 5) is 19.7. The van der Waals surface area contributed by atoms with Crippen molar-refractivity contribution in [2.45, 2.75) is 26.8 Å². The molecule has 0 aliphatic rings. The maximum absolute atomic E-state index is 11.0. The fraction of sp³-hybridized carbons (Fsp3) is 0.571. The van der Waals surface area contributed by atoms with Crippen molar-refractivity contribution in [3.8, 4) is 0 Å². The summed E-state index contributed by atoms with van der Waals surface area (Å²) in [6, 6.07) is 3.74. The Labute approximate surface area is 114 Å². The summed E-state index contributed by atoms with van der Waals surface area (Å²) in [6.07, 6.45) is 0. The number of carbonyl (C=O) groups is 1. The van der Waals surface area contributed by atoms with E-state index in [0.717, 1.165) is 18.9 Å². The van der Waals surface area contributed by atoms with Gasteiger partial charge in [0.05, 0.1) is 11.3 Å². The van der Waals surface area contributed by atoms with E-state index in [9.17, 15) is 4.79 Å². The lowest BCUT2D eigenvalue weighted by Crippen LogP contribution is -2.40. The second-order valence-corrected chi connectivity index (χ2v) is 5.00. The summed E-state index contributed by atoms with van der Waals surface area (Å²) in [6.45, 7) is 7.72. The van der Waals surface area contributed by atoms with Crippen LogP contribution in [0.15, 0.2) is 12.1 Å². The van der Waals surface area contributed by atoms with Gasteiger partial charge in [-0.1, -0.05) is 0 Å². The minimum absolute atomic E-state index is 0.264. The number of pyridine rings is 1. The molecule has 1 heterocycles. The van der Waals surface area contributed by atoms with Crippen LogP contribution in [0.1, 0.15) is 29.9 Å². The molecule has 1 aromatic rings. The molecule has 19 heavy (non-hydrogen) atoms. The Morgan fingerprint density at radius 1 is 1.42 bits per heavy atom. The van der Waals surface area contributed by atoms with Gasteiger partial charge in [-0.25, -0.2) is 9.78 Å². The molecular formula is C14H23N3O2. The van der Waals surface area contributed by atoms with Crippen LogP contribution in [0.25, 0.3) is 0 Å². The molecule has 0 saturated heterocycles. The third-order valence-electron chi connectivity index (χ3n) is 3.10. The van der Waals surface area contributed by atoms with Crippen molar-refractivity contribution in [1.29, 1.82) is 0 Å². The topological polar surface area (TPSA) is 56.7 Å². The normalized spacial score (nSPS) is 12.5. The fourth-order valence-electron chi connectivity index (χ4n) is 2.26. The van der Waals surface area contributed by atoms with Crippen LogP contribution >= 0.6 is 0 Å². The predicted molar refractivity (Wildman–Crippen MR) is 77.0 cm³/mol. The van der Waals surface area contributed by atoms with Crippen molar-refractivity contribution < 1.29 is 9.90 Å². The van der Waals surface area contributed by atoms with Gasteiger partial charge >= 0.3 is 5.97 Å². The van der Waals surface area contributed by atoms with Gasteiger partial charge in [0.15, 0.2) is 0 Å². The fourth-order valence-corrected chi connectivity index (χ4v) is 2.26. The van der Waals surface area contributed by atoms with Crippen LogP contribution in [0.2, 0.25) is 0 Å². The number of carboxylic acid groups (broad SMARTS) is 1. The molecule has 0 aromatic carbocycles. The molecule has 0 spiro atoms. The summed E-state index contributed by atoms with van der Waals surface area (Å²) in [5, 5.41) is 9.02. The molecule has 0 saturated carbocycles. The second kappa shape index (κ2) is 6.52. The highest BCUT2D eigenvalue weighted by Gasteiger charge is 2.17. The van der Waals surface area contributed by atoms with Crippen LogP contribution in [0.5, 0.6) is 0 Å². The van der Waals surface area contributed by atoms with E-state index in [1.807, 2.05) is 14.1 Å². The molecule has 0 fully saturated rings. The van der Waals surface area contributed by atoms with Crippen molar-refractivity contribution in [3.63, 3.8) is 0 Å². The van der Waals surface area contributed by atoms with Crippen LogP contribution in [-0.2, 0) is 0 Å². The standard InChI is InChI=1S/C14H23N3O2/c1-6-17(10(2)9-16(4)5)13-8-7-12(14(18)19)11(3)15-13/h7-8,10H,6,9H2,1-5H3,(H,18,19). The van der Waals surface area contributed by atoms with E-state index in [-0.39, 0.29) is 5.56 Å². The second-order valence-electron chi connectivity index (χ2n) is 5.00. The number of nitrogens with zero attached hydrogens (tertiary/aromatic N) is 3. The zero-order valence-corrected chi connectivity index (χ0v) is 12.3. The first-order chi connectivity index (χ1) is 8.86. The van der Waals surface area contributed by atoms with E-state index in [1.54, 1.807) is 19.1 Å². The average Bonchev–Trinajstić information content (AvgIpc) is 2.28. The van der Waals surface area contributed by atoms with Gasteiger partial charge in [0, 0.05) is 19.1 Å². The number of hydrogen-bond acceptors (Lipinski definition) is 4. The number of rotatable bonds is 6. The number of anilines is 1. The summed E-state index contributed by atoms with van der Waals surface area (Å²) in [5.74, 6) is -0.0970. The third kappa shape index (κ3) is 3.92. The van der Waals surface area contributed by atoms with Gasteiger partial charge in [0.2, 0.25) is 0 Å². The highest BCUT2D eigenvalue weighted by Crippen LogP contribution is 2.17. The number of aryl methyl sites for hydroxylation is 1. The highest BCUT2D eigenvalue weighted by molar-refractivity contribution is 5.89. The number of aromatic carboxylic acids is 1. The Kier molecular flexibility index (Phi) is 5.30. The van der Waals surface area contributed by atoms with Gasteiger partial charge in [-0.15, -0.1) is 0 Å². The Balaban J connectivity index is 2.99. The smallest absolute Gasteiger partial charge is 0.337 e. The van der Waals surface area contributed by atoms with Crippen molar-refractivity contribution in [1.82, 2.24) is 9.88 Å². The molecule has 0 amide bonds. The maximum atomic E-state index is 11.0. The lowest BCUT2D eigenvalue weighted by Gasteiger charge is -2.31. The van der Waals surface area contributed by atoms with E-state index >= 15 is 0 Å². The molecule has 1 aromatic heterocycles. The molecule has 0 aliphatic heterocycles. The molecule has 1 unspecified atom stereocenters. The van der Waals surface area contributed by atoms with Crippen molar-refractivity contribution >= 4 is 11.8 Å².